The number of likely N-dealkylation sites (N-methyl/N-ethyl adjacent to an activating group) is 1. The van der Waals surface area contributed by atoms with E-state index < -0.39 is 9.84 Å². The Hall–Kier alpha value is -1.33. The lowest BCUT2D eigenvalue weighted by Crippen LogP contribution is -2.26. The van der Waals surface area contributed by atoms with Gasteiger partial charge >= 0.3 is 0 Å². The summed E-state index contributed by atoms with van der Waals surface area (Å²) in [6.45, 7) is 1.77. The van der Waals surface area contributed by atoms with Gasteiger partial charge in [-0.3, -0.25) is 0 Å². The molecule has 0 bridgehead atoms. The average Bonchev–Trinajstić information content (AvgIpc) is 2.50. The van der Waals surface area contributed by atoms with Crippen LogP contribution in [0.15, 0.2) is 28.0 Å². The van der Waals surface area contributed by atoms with Crippen molar-refractivity contribution in [3.8, 4) is 5.75 Å². The fourth-order valence-electron chi connectivity index (χ4n) is 1.80. The number of hydrogen-bond acceptors (Lipinski definition) is 4. The lowest BCUT2D eigenvalue weighted by molar-refractivity contribution is 0.459. The number of hydrogen-bond donors (Lipinski definition) is 2. The zero-order valence-corrected chi connectivity index (χ0v) is 9.88. The van der Waals surface area contributed by atoms with Gasteiger partial charge < -0.3 is 10.4 Å². The SMILES string of the molecule is CNC(C)C1=Cc2cccc(O)c2S1(=O)=O. The van der Waals surface area contributed by atoms with Crippen LogP contribution in [0.25, 0.3) is 6.08 Å². The van der Waals surface area contributed by atoms with Crippen molar-refractivity contribution in [2.75, 3.05) is 7.05 Å². The molecule has 0 saturated heterocycles. The molecule has 0 aromatic heterocycles. The van der Waals surface area contributed by atoms with Crippen LogP contribution in [0.3, 0.4) is 0 Å². The van der Waals surface area contributed by atoms with E-state index in [1.807, 2.05) is 0 Å². The molecule has 86 valence electrons. The molecule has 1 heterocycles. The molecule has 2 N–H and O–H groups in total. The summed E-state index contributed by atoms with van der Waals surface area (Å²) in [6, 6.07) is 4.43. The standard InChI is InChI=1S/C11H13NO3S/c1-7(12-2)10-6-8-4-3-5-9(13)11(8)16(10,14)15/h3-7,12-13H,1-2H3. The maximum absolute atomic E-state index is 12.1. The Morgan fingerprint density at radius 1 is 1.38 bits per heavy atom. The minimum Gasteiger partial charge on any atom is -0.507 e. The summed E-state index contributed by atoms with van der Waals surface area (Å²) in [4.78, 5) is 0.318. The summed E-state index contributed by atoms with van der Waals surface area (Å²) in [7, 11) is -1.84. The molecular weight excluding hydrogens is 226 g/mol. The first-order valence-electron chi connectivity index (χ1n) is 4.94. The number of aromatic hydroxyl groups is 1. The molecule has 1 aromatic carbocycles. The molecule has 0 saturated carbocycles. The van der Waals surface area contributed by atoms with Gasteiger partial charge in [0.15, 0.2) is 0 Å². The quantitative estimate of drug-likeness (QED) is 0.812. The molecule has 1 aliphatic rings. The van der Waals surface area contributed by atoms with Crippen LogP contribution in [-0.4, -0.2) is 26.6 Å². The fourth-order valence-corrected chi connectivity index (χ4v) is 3.68. The number of sulfone groups is 1. The van der Waals surface area contributed by atoms with Crippen LogP contribution in [-0.2, 0) is 9.84 Å². The Morgan fingerprint density at radius 3 is 2.62 bits per heavy atom. The van der Waals surface area contributed by atoms with Crippen molar-refractivity contribution in [2.24, 2.45) is 0 Å². The van der Waals surface area contributed by atoms with Crippen LogP contribution >= 0.6 is 0 Å². The van der Waals surface area contributed by atoms with Crippen LogP contribution in [0.1, 0.15) is 12.5 Å². The van der Waals surface area contributed by atoms with Gasteiger partial charge in [0.1, 0.15) is 10.6 Å². The van der Waals surface area contributed by atoms with Gasteiger partial charge in [0, 0.05) is 6.04 Å². The van der Waals surface area contributed by atoms with E-state index in [1.54, 1.807) is 32.2 Å². The van der Waals surface area contributed by atoms with Gasteiger partial charge in [-0.25, -0.2) is 8.42 Å². The second kappa shape index (κ2) is 3.61. The molecule has 0 amide bonds. The molecule has 1 unspecified atom stereocenters. The van der Waals surface area contributed by atoms with E-state index in [1.165, 1.54) is 6.07 Å². The van der Waals surface area contributed by atoms with E-state index in [9.17, 15) is 13.5 Å². The minimum atomic E-state index is -3.54. The molecule has 1 aromatic rings. The molecule has 2 rings (SSSR count). The summed E-state index contributed by atoms with van der Waals surface area (Å²) < 4.78 is 24.3. The molecule has 0 fully saturated rings. The maximum atomic E-state index is 12.1. The third kappa shape index (κ3) is 1.44. The van der Waals surface area contributed by atoms with Crippen molar-refractivity contribution in [1.29, 1.82) is 0 Å². The van der Waals surface area contributed by atoms with Gasteiger partial charge in [-0.05, 0) is 31.7 Å². The van der Waals surface area contributed by atoms with Gasteiger partial charge in [-0.15, -0.1) is 0 Å². The molecular formula is C11H13NO3S. The number of phenols is 1. The Labute approximate surface area is 94.5 Å². The van der Waals surface area contributed by atoms with Crippen molar-refractivity contribution in [3.05, 3.63) is 28.7 Å². The Bertz CT molecular complexity index is 561. The number of fused-ring (bicyclic) bond motifs is 1. The average molecular weight is 239 g/mol. The smallest absolute Gasteiger partial charge is 0.208 e. The van der Waals surface area contributed by atoms with Gasteiger partial charge in [-0.2, -0.15) is 0 Å². The molecule has 0 spiro atoms. The number of rotatable bonds is 2. The lowest BCUT2D eigenvalue weighted by Gasteiger charge is -2.11. The van der Waals surface area contributed by atoms with Crippen LogP contribution in [0.4, 0.5) is 0 Å². The van der Waals surface area contributed by atoms with Crippen molar-refractivity contribution in [2.45, 2.75) is 17.9 Å². The van der Waals surface area contributed by atoms with Crippen molar-refractivity contribution < 1.29 is 13.5 Å². The molecule has 1 aliphatic heterocycles. The summed E-state index contributed by atoms with van der Waals surface area (Å²) in [5.74, 6) is -0.188. The highest BCUT2D eigenvalue weighted by Crippen LogP contribution is 2.39. The second-order valence-electron chi connectivity index (χ2n) is 3.76. The van der Waals surface area contributed by atoms with E-state index in [4.69, 9.17) is 0 Å². The summed E-state index contributed by atoms with van der Waals surface area (Å²) in [6.07, 6.45) is 1.60. The Morgan fingerprint density at radius 2 is 2.06 bits per heavy atom. The first-order chi connectivity index (χ1) is 7.48. The van der Waals surface area contributed by atoms with E-state index in [0.29, 0.717) is 10.5 Å². The molecule has 0 radical (unpaired) electrons. The maximum Gasteiger partial charge on any atom is 0.208 e. The van der Waals surface area contributed by atoms with E-state index >= 15 is 0 Å². The van der Waals surface area contributed by atoms with Crippen molar-refractivity contribution >= 4 is 15.9 Å². The van der Waals surface area contributed by atoms with Gasteiger partial charge in [0.25, 0.3) is 0 Å². The monoisotopic (exact) mass is 239 g/mol. The highest BCUT2D eigenvalue weighted by molar-refractivity contribution is 7.96. The summed E-state index contributed by atoms with van der Waals surface area (Å²) in [5.41, 5.74) is 0.553. The van der Waals surface area contributed by atoms with E-state index in [0.717, 1.165) is 0 Å². The van der Waals surface area contributed by atoms with Crippen LogP contribution in [0.5, 0.6) is 5.75 Å². The number of benzene rings is 1. The Balaban J connectivity index is 2.65. The van der Waals surface area contributed by atoms with E-state index in [-0.39, 0.29) is 16.7 Å². The first kappa shape index (κ1) is 11.2. The van der Waals surface area contributed by atoms with Gasteiger partial charge in [0.05, 0.1) is 4.91 Å². The first-order valence-corrected chi connectivity index (χ1v) is 6.42. The van der Waals surface area contributed by atoms with Crippen LogP contribution in [0, 0.1) is 0 Å². The fraction of sp³-hybridized carbons (Fsp3) is 0.273. The highest BCUT2D eigenvalue weighted by Gasteiger charge is 2.34. The zero-order chi connectivity index (χ0) is 11.9. The Kier molecular flexibility index (Phi) is 2.52. The van der Waals surface area contributed by atoms with Gasteiger partial charge in [0.2, 0.25) is 9.84 Å². The predicted molar refractivity (Wildman–Crippen MR) is 61.8 cm³/mol. The predicted octanol–water partition coefficient (Wildman–Crippen LogP) is 1.13. The normalized spacial score (nSPS) is 19.0. The summed E-state index contributed by atoms with van der Waals surface area (Å²) in [5, 5.41) is 12.5. The third-order valence-corrected chi connectivity index (χ3v) is 4.84. The van der Waals surface area contributed by atoms with Gasteiger partial charge in [-0.1, -0.05) is 12.1 Å². The molecule has 5 heteroatoms. The van der Waals surface area contributed by atoms with E-state index in [2.05, 4.69) is 5.32 Å². The number of phenolic OH excluding ortho intramolecular Hbond substituents is 1. The second-order valence-corrected chi connectivity index (χ2v) is 5.64. The largest absolute Gasteiger partial charge is 0.507 e. The lowest BCUT2D eigenvalue weighted by atomic mass is 10.2. The molecule has 16 heavy (non-hydrogen) atoms. The highest BCUT2D eigenvalue weighted by atomic mass is 32.2. The topological polar surface area (TPSA) is 66.4 Å². The number of nitrogens with one attached hydrogen (secondary N) is 1. The molecule has 4 nitrogen and oxygen atoms in total. The molecule has 1 atom stereocenters. The van der Waals surface area contributed by atoms with Crippen molar-refractivity contribution in [3.63, 3.8) is 0 Å². The van der Waals surface area contributed by atoms with Crippen LogP contribution in [0.2, 0.25) is 0 Å². The van der Waals surface area contributed by atoms with Crippen molar-refractivity contribution in [1.82, 2.24) is 5.32 Å². The summed E-state index contributed by atoms with van der Waals surface area (Å²) >= 11 is 0. The molecule has 0 aliphatic carbocycles. The van der Waals surface area contributed by atoms with Crippen LogP contribution < -0.4 is 5.32 Å². The zero-order valence-electron chi connectivity index (χ0n) is 9.06. The third-order valence-electron chi connectivity index (χ3n) is 2.76. The minimum absolute atomic E-state index is 0.0205.